The number of carboxylic acids is 1. The van der Waals surface area contributed by atoms with E-state index in [9.17, 15) is 14.7 Å². The van der Waals surface area contributed by atoms with Crippen LogP contribution >= 0.6 is 11.6 Å². The smallest absolute Gasteiger partial charge is 0.308 e. The number of carboxylic acid groups (broad SMARTS) is 1. The zero-order chi connectivity index (χ0) is 17.3. The van der Waals surface area contributed by atoms with Crippen molar-refractivity contribution in [2.75, 3.05) is 13.1 Å². The summed E-state index contributed by atoms with van der Waals surface area (Å²) in [7, 11) is 0. The number of amides is 1. The summed E-state index contributed by atoms with van der Waals surface area (Å²) in [4.78, 5) is 25.6. The minimum absolute atomic E-state index is 0.108. The summed E-state index contributed by atoms with van der Waals surface area (Å²) in [6.07, 6.45) is 0.108. The fraction of sp³-hybridized carbons (Fsp3) is 0.353. The van der Waals surface area contributed by atoms with Crippen LogP contribution in [0.1, 0.15) is 22.9 Å². The van der Waals surface area contributed by atoms with Crippen LogP contribution in [0.5, 0.6) is 0 Å². The second kappa shape index (κ2) is 6.65. The number of hydrogen-bond donors (Lipinski definition) is 1. The average Bonchev–Trinajstić information content (AvgIpc) is 3.15. The average molecular weight is 349 g/mol. The summed E-state index contributed by atoms with van der Waals surface area (Å²) < 4.78 is 4.96. The Balaban J connectivity index is 1.75. The molecule has 1 aliphatic heterocycles. The normalized spacial score (nSPS) is 20.3. The predicted molar refractivity (Wildman–Crippen MR) is 86.8 cm³/mol. The molecule has 0 spiro atoms. The van der Waals surface area contributed by atoms with Crippen molar-refractivity contribution in [2.24, 2.45) is 5.92 Å². The first-order valence-electron chi connectivity index (χ1n) is 7.62. The van der Waals surface area contributed by atoms with Crippen LogP contribution in [0.25, 0.3) is 0 Å². The number of carbonyl (C=O) groups excluding carboxylic acids is 1. The van der Waals surface area contributed by atoms with Gasteiger partial charge in [0.25, 0.3) is 0 Å². The fourth-order valence-electron chi connectivity index (χ4n) is 3.07. The Kier molecular flexibility index (Phi) is 4.57. The van der Waals surface area contributed by atoms with Crippen molar-refractivity contribution >= 4 is 23.5 Å². The Morgan fingerprint density at radius 3 is 2.62 bits per heavy atom. The number of nitrogens with zero attached hydrogens (tertiary/aromatic N) is 2. The van der Waals surface area contributed by atoms with E-state index in [1.54, 1.807) is 30.0 Å². The third-order valence-corrected chi connectivity index (χ3v) is 4.55. The molecule has 2 aromatic rings. The van der Waals surface area contributed by atoms with Crippen molar-refractivity contribution < 1.29 is 19.2 Å². The van der Waals surface area contributed by atoms with E-state index in [0.717, 1.165) is 5.56 Å². The third kappa shape index (κ3) is 3.43. The van der Waals surface area contributed by atoms with Gasteiger partial charge in [0.05, 0.1) is 18.0 Å². The van der Waals surface area contributed by atoms with E-state index in [1.807, 2.05) is 12.1 Å². The molecule has 24 heavy (non-hydrogen) atoms. The van der Waals surface area contributed by atoms with Crippen LogP contribution in [-0.4, -0.2) is 40.1 Å². The molecule has 1 aromatic carbocycles. The second-order valence-corrected chi connectivity index (χ2v) is 6.44. The monoisotopic (exact) mass is 348 g/mol. The summed E-state index contributed by atoms with van der Waals surface area (Å²) in [6.45, 7) is 2.32. The Hall–Kier alpha value is -2.34. The number of aromatic nitrogens is 1. The van der Waals surface area contributed by atoms with Gasteiger partial charge in [-0.05, 0) is 24.6 Å². The van der Waals surface area contributed by atoms with Gasteiger partial charge in [0, 0.05) is 30.1 Å². The summed E-state index contributed by atoms with van der Waals surface area (Å²) in [5.41, 5.74) is 1.43. The fourth-order valence-corrected chi connectivity index (χ4v) is 3.20. The lowest BCUT2D eigenvalue weighted by atomic mass is 9.89. The zero-order valence-corrected chi connectivity index (χ0v) is 13.9. The lowest BCUT2D eigenvalue weighted by Gasteiger charge is -2.16. The van der Waals surface area contributed by atoms with Gasteiger partial charge in [-0.2, -0.15) is 0 Å². The van der Waals surface area contributed by atoms with Crippen molar-refractivity contribution in [3.63, 3.8) is 0 Å². The van der Waals surface area contributed by atoms with E-state index in [1.165, 1.54) is 0 Å². The summed E-state index contributed by atoms with van der Waals surface area (Å²) in [6, 6.07) is 8.81. The highest BCUT2D eigenvalue weighted by Gasteiger charge is 2.40. The molecule has 0 radical (unpaired) electrons. The molecule has 6 nitrogen and oxygen atoms in total. The van der Waals surface area contributed by atoms with Gasteiger partial charge in [0.1, 0.15) is 5.76 Å². The Labute approximate surface area is 144 Å². The number of halogens is 1. The van der Waals surface area contributed by atoms with Gasteiger partial charge in [-0.3, -0.25) is 9.59 Å². The molecule has 1 aromatic heterocycles. The highest BCUT2D eigenvalue weighted by Crippen LogP contribution is 2.33. The molecule has 7 heteroatoms. The molecule has 3 rings (SSSR count). The highest BCUT2D eigenvalue weighted by atomic mass is 35.5. The van der Waals surface area contributed by atoms with Crippen LogP contribution in [-0.2, 0) is 16.0 Å². The van der Waals surface area contributed by atoms with E-state index < -0.39 is 11.9 Å². The van der Waals surface area contributed by atoms with Crippen molar-refractivity contribution in [2.45, 2.75) is 19.3 Å². The lowest BCUT2D eigenvalue weighted by molar-refractivity contribution is -0.141. The molecule has 1 fully saturated rings. The lowest BCUT2D eigenvalue weighted by Crippen LogP contribution is -2.31. The minimum atomic E-state index is -0.900. The molecule has 0 unspecified atom stereocenters. The van der Waals surface area contributed by atoms with E-state index in [0.29, 0.717) is 23.0 Å². The van der Waals surface area contributed by atoms with Crippen molar-refractivity contribution in [1.82, 2.24) is 10.1 Å². The molecule has 0 aliphatic carbocycles. The second-order valence-electron chi connectivity index (χ2n) is 6.01. The predicted octanol–water partition coefficient (Wildman–Crippen LogP) is 2.51. The van der Waals surface area contributed by atoms with Crippen LogP contribution in [0, 0.1) is 12.8 Å². The van der Waals surface area contributed by atoms with Crippen molar-refractivity contribution in [3.05, 3.63) is 52.4 Å². The molecule has 1 amide bonds. The van der Waals surface area contributed by atoms with Crippen molar-refractivity contribution in [3.8, 4) is 0 Å². The first kappa shape index (κ1) is 16.5. The first-order valence-corrected chi connectivity index (χ1v) is 8.00. The van der Waals surface area contributed by atoms with Gasteiger partial charge < -0.3 is 14.5 Å². The van der Waals surface area contributed by atoms with Crippen LogP contribution in [0.2, 0.25) is 5.02 Å². The van der Waals surface area contributed by atoms with Gasteiger partial charge in [-0.15, -0.1) is 0 Å². The molecular weight excluding hydrogens is 332 g/mol. The summed E-state index contributed by atoms with van der Waals surface area (Å²) in [5, 5.41) is 13.9. The Bertz CT molecular complexity index is 756. The van der Waals surface area contributed by atoms with Crippen LogP contribution in [0.3, 0.4) is 0 Å². The van der Waals surface area contributed by atoms with Crippen molar-refractivity contribution in [1.29, 1.82) is 0 Å². The van der Waals surface area contributed by atoms with E-state index in [4.69, 9.17) is 16.1 Å². The number of rotatable bonds is 4. The molecule has 1 N–H and O–H groups in total. The first-order chi connectivity index (χ1) is 11.4. The standard InChI is InChI=1S/C17H17ClN2O4/c1-10-6-13(19-24-10)7-16(21)20-8-14(15(9-20)17(22)23)11-2-4-12(18)5-3-11/h2-6,14-15H,7-9H2,1H3,(H,22,23)/t14-,15+/m0/s1. The van der Waals surface area contributed by atoms with Crippen LogP contribution < -0.4 is 0 Å². The summed E-state index contributed by atoms with van der Waals surface area (Å²) >= 11 is 5.89. The quantitative estimate of drug-likeness (QED) is 0.917. The van der Waals surface area contributed by atoms with Gasteiger partial charge >= 0.3 is 5.97 Å². The molecule has 126 valence electrons. The van der Waals surface area contributed by atoms with E-state index in [-0.39, 0.29) is 24.8 Å². The Morgan fingerprint density at radius 1 is 1.33 bits per heavy atom. The summed E-state index contributed by atoms with van der Waals surface area (Å²) in [5.74, 6) is -1.29. The molecule has 2 atom stereocenters. The number of aryl methyl sites for hydroxylation is 1. The number of aliphatic carboxylic acids is 1. The maximum Gasteiger partial charge on any atom is 0.308 e. The van der Waals surface area contributed by atoms with E-state index >= 15 is 0 Å². The van der Waals surface area contributed by atoms with Crippen LogP contribution in [0.4, 0.5) is 0 Å². The molecule has 0 saturated carbocycles. The molecule has 1 saturated heterocycles. The number of likely N-dealkylation sites (tertiary alicyclic amines) is 1. The topological polar surface area (TPSA) is 83.6 Å². The number of benzene rings is 1. The maximum absolute atomic E-state index is 12.5. The van der Waals surface area contributed by atoms with E-state index in [2.05, 4.69) is 5.16 Å². The number of carbonyl (C=O) groups is 2. The number of hydrogen-bond acceptors (Lipinski definition) is 4. The Morgan fingerprint density at radius 2 is 2.04 bits per heavy atom. The minimum Gasteiger partial charge on any atom is -0.481 e. The van der Waals surface area contributed by atoms with Gasteiger partial charge in [-0.1, -0.05) is 28.9 Å². The molecular formula is C17H17ClN2O4. The van der Waals surface area contributed by atoms with Crippen LogP contribution in [0.15, 0.2) is 34.9 Å². The zero-order valence-electron chi connectivity index (χ0n) is 13.1. The van der Waals surface area contributed by atoms with Gasteiger partial charge in [0.2, 0.25) is 5.91 Å². The third-order valence-electron chi connectivity index (χ3n) is 4.30. The molecule has 2 heterocycles. The largest absolute Gasteiger partial charge is 0.481 e. The highest BCUT2D eigenvalue weighted by molar-refractivity contribution is 6.30. The molecule has 0 bridgehead atoms. The molecule has 1 aliphatic rings. The van der Waals surface area contributed by atoms with Gasteiger partial charge in [-0.25, -0.2) is 0 Å². The SMILES string of the molecule is Cc1cc(CC(=O)N2C[C@@H](C(=O)O)[C@H](c3ccc(Cl)cc3)C2)no1. The maximum atomic E-state index is 12.5. The van der Waals surface area contributed by atoms with Gasteiger partial charge in [0.15, 0.2) is 0 Å².